The number of nitrogens with zero attached hydrogens (tertiary/aromatic N) is 1. The van der Waals surface area contributed by atoms with Crippen molar-refractivity contribution in [3.8, 4) is 5.75 Å². The lowest BCUT2D eigenvalue weighted by atomic mass is 9.90. The molecular formula is C17H30IN3O3S. The maximum atomic E-state index is 11.3. The van der Waals surface area contributed by atoms with Crippen molar-refractivity contribution in [2.45, 2.75) is 26.8 Å². The van der Waals surface area contributed by atoms with E-state index in [9.17, 15) is 8.42 Å². The molecule has 6 nitrogen and oxygen atoms in total. The molecule has 1 rings (SSSR count). The summed E-state index contributed by atoms with van der Waals surface area (Å²) in [6, 6.07) is 7.83. The zero-order valence-corrected chi connectivity index (χ0v) is 18.8. The average molecular weight is 483 g/mol. The predicted molar refractivity (Wildman–Crippen MR) is 115 cm³/mol. The maximum absolute atomic E-state index is 11.3. The SMILES string of the molecule is CN=C(NCc1cccc(OC)c1)NCC(C)(C)CCS(C)(=O)=O.I. The molecule has 0 aliphatic carbocycles. The molecule has 0 atom stereocenters. The number of methoxy groups -OCH3 is 1. The number of aliphatic imine (C=N–C) groups is 1. The molecule has 0 saturated heterocycles. The van der Waals surface area contributed by atoms with Crippen molar-refractivity contribution in [1.29, 1.82) is 0 Å². The molecule has 0 heterocycles. The third-order valence-corrected chi connectivity index (χ3v) is 4.65. The van der Waals surface area contributed by atoms with Crippen molar-refractivity contribution in [2.75, 3.05) is 32.7 Å². The first-order valence-corrected chi connectivity index (χ1v) is 9.96. The Bertz CT molecular complexity index is 661. The van der Waals surface area contributed by atoms with Crippen molar-refractivity contribution >= 4 is 39.8 Å². The number of guanidine groups is 1. The first kappa shape index (κ1) is 24.0. The van der Waals surface area contributed by atoms with Gasteiger partial charge in [-0.2, -0.15) is 0 Å². The van der Waals surface area contributed by atoms with Crippen LogP contribution in [0.3, 0.4) is 0 Å². The van der Waals surface area contributed by atoms with Crippen molar-refractivity contribution in [1.82, 2.24) is 10.6 Å². The monoisotopic (exact) mass is 483 g/mol. The third kappa shape index (κ3) is 10.5. The molecule has 25 heavy (non-hydrogen) atoms. The molecule has 0 fully saturated rings. The van der Waals surface area contributed by atoms with Crippen LogP contribution < -0.4 is 15.4 Å². The van der Waals surface area contributed by atoms with Crippen molar-refractivity contribution < 1.29 is 13.2 Å². The summed E-state index contributed by atoms with van der Waals surface area (Å²) < 4.78 is 27.8. The fraction of sp³-hybridized carbons (Fsp3) is 0.588. The standard InChI is InChI=1S/C17H29N3O3S.HI/c1-17(2,9-10-24(5,21)22)13-20-16(18-3)19-12-14-7-6-8-15(11-14)23-4;/h6-8,11H,9-10,12-13H2,1-5H3,(H2,18,19,20);1H. The highest BCUT2D eigenvalue weighted by atomic mass is 127. The van der Waals surface area contributed by atoms with Crippen LogP contribution in [0.4, 0.5) is 0 Å². The Morgan fingerprint density at radius 2 is 1.96 bits per heavy atom. The first-order valence-electron chi connectivity index (χ1n) is 7.90. The molecule has 2 N–H and O–H groups in total. The molecule has 144 valence electrons. The number of benzene rings is 1. The molecular weight excluding hydrogens is 453 g/mol. The third-order valence-electron chi connectivity index (χ3n) is 3.70. The van der Waals surface area contributed by atoms with E-state index in [0.717, 1.165) is 11.3 Å². The molecule has 0 aliphatic heterocycles. The van der Waals surface area contributed by atoms with Crippen LogP contribution in [0.5, 0.6) is 5.75 Å². The Morgan fingerprint density at radius 1 is 1.28 bits per heavy atom. The minimum absolute atomic E-state index is 0. The summed E-state index contributed by atoms with van der Waals surface area (Å²) in [4.78, 5) is 4.20. The van der Waals surface area contributed by atoms with Gasteiger partial charge in [0.25, 0.3) is 0 Å². The summed E-state index contributed by atoms with van der Waals surface area (Å²) in [6.45, 7) is 5.35. The quantitative estimate of drug-likeness (QED) is 0.338. The van der Waals surface area contributed by atoms with E-state index in [-0.39, 0.29) is 35.1 Å². The summed E-state index contributed by atoms with van der Waals surface area (Å²) in [5.74, 6) is 1.70. The van der Waals surface area contributed by atoms with E-state index < -0.39 is 9.84 Å². The normalized spacial score (nSPS) is 12.3. The number of halogens is 1. The minimum atomic E-state index is -2.94. The van der Waals surface area contributed by atoms with E-state index in [1.807, 2.05) is 38.1 Å². The van der Waals surface area contributed by atoms with Gasteiger partial charge in [-0.25, -0.2) is 8.42 Å². The van der Waals surface area contributed by atoms with Crippen LogP contribution in [0, 0.1) is 5.41 Å². The fourth-order valence-electron chi connectivity index (χ4n) is 2.06. The number of hydrogen-bond acceptors (Lipinski definition) is 4. The van der Waals surface area contributed by atoms with Gasteiger partial charge in [0.1, 0.15) is 15.6 Å². The zero-order valence-electron chi connectivity index (χ0n) is 15.6. The smallest absolute Gasteiger partial charge is 0.191 e. The van der Waals surface area contributed by atoms with Crippen LogP contribution in [0.2, 0.25) is 0 Å². The summed E-state index contributed by atoms with van der Waals surface area (Å²) in [5, 5.41) is 6.50. The molecule has 1 aromatic carbocycles. The van der Waals surface area contributed by atoms with Crippen LogP contribution in [-0.2, 0) is 16.4 Å². The van der Waals surface area contributed by atoms with Crippen molar-refractivity contribution in [2.24, 2.45) is 10.4 Å². The van der Waals surface area contributed by atoms with Crippen LogP contribution >= 0.6 is 24.0 Å². The summed E-state index contributed by atoms with van der Waals surface area (Å²) >= 11 is 0. The molecule has 0 aliphatic rings. The van der Waals surface area contributed by atoms with Crippen LogP contribution in [-0.4, -0.2) is 47.1 Å². The summed E-state index contributed by atoms with van der Waals surface area (Å²) in [7, 11) is 0.417. The highest BCUT2D eigenvalue weighted by molar-refractivity contribution is 14.0. The maximum Gasteiger partial charge on any atom is 0.191 e. The molecule has 0 bridgehead atoms. The summed E-state index contributed by atoms with van der Waals surface area (Å²) in [6.07, 6.45) is 1.87. The Kier molecular flexibility index (Phi) is 10.4. The molecule has 8 heteroatoms. The van der Waals surface area contributed by atoms with Gasteiger partial charge in [-0.3, -0.25) is 4.99 Å². The lowest BCUT2D eigenvalue weighted by Gasteiger charge is -2.25. The van der Waals surface area contributed by atoms with Gasteiger partial charge in [0.2, 0.25) is 0 Å². The number of nitrogens with one attached hydrogen (secondary N) is 2. The van der Waals surface area contributed by atoms with Crippen LogP contribution in [0.25, 0.3) is 0 Å². The molecule has 0 unspecified atom stereocenters. The van der Waals surface area contributed by atoms with E-state index in [0.29, 0.717) is 25.5 Å². The minimum Gasteiger partial charge on any atom is -0.497 e. The first-order chi connectivity index (χ1) is 11.1. The van der Waals surface area contributed by atoms with Gasteiger partial charge in [-0.1, -0.05) is 26.0 Å². The van der Waals surface area contributed by atoms with E-state index in [1.54, 1.807) is 14.2 Å². The second kappa shape index (κ2) is 10.8. The second-order valence-corrected chi connectivity index (χ2v) is 8.93. The van der Waals surface area contributed by atoms with E-state index in [2.05, 4.69) is 15.6 Å². The Morgan fingerprint density at radius 3 is 2.52 bits per heavy atom. The van der Waals surface area contributed by atoms with Crippen molar-refractivity contribution in [3.05, 3.63) is 29.8 Å². The van der Waals surface area contributed by atoms with E-state index in [1.165, 1.54) is 6.26 Å². The van der Waals surface area contributed by atoms with Gasteiger partial charge < -0.3 is 15.4 Å². The summed E-state index contributed by atoms with van der Waals surface area (Å²) in [5.41, 5.74) is 0.949. The lowest BCUT2D eigenvalue weighted by molar-refractivity contribution is 0.348. The molecule has 0 spiro atoms. The zero-order chi connectivity index (χ0) is 18.2. The van der Waals surface area contributed by atoms with Gasteiger partial charge in [-0.05, 0) is 29.5 Å². The Hall–Kier alpha value is -1.03. The molecule has 1 aromatic rings. The van der Waals surface area contributed by atoms with Gasteiger partial charge in [-0.15, -0.1) is 24.0 Å². The highest BCUT2D eigenvalue weighted by Crippen LogP contribution is 2.19. The molecule has 0 aromatic heterocycles. The highest BCUT2D eigenvalue weighted by Gasteiger charge is 2.20. The average Bonchev–Trinajstić information content (AvgIpc) is 2.53. The molecule has 0 saturated carbocycles. The van der Waals surface area contributed by atoms with Gasteiger partial charge in [0.05, 0.1) is 12.9 Å². The Balaban J connectivity index is 0.00000576. The predicted octanol–water partition coefficient (Wildman–Crippen LogP) is 2.44. The molecule has 0 radical (unpaired) electrons. The van der Waals surface area contributed by atoms with Gasteiger partial charge in [0.15, 0.2) is 5.96 Å². The van der Waals surface area contributed by atoms with Crippen molar-refractivity contribution in [3.63, 3.8) is 0 Å². The van der Waals surface area contributed by atoms with Gasteiger partial charge >= 0.3 is 0 Å². The lowest BCUT2D eigenvalue weighted by Crippen LogP contribution is -2.42. The van der Waals surface area contributed by atoms with Gasteiger partial charge in [0, 0.05) is 26.4 Å². The van der Waals surface area contributed by atoms with E-state index >= 15 is 0 Å². The van der Waals surface area contributed by atoms with Crippen LogP contribution in [0.1, 0.15) is 25.8 Å². The van der Waals surface area contributed by atoms with E-state index in [4.69, 9.17) is 4.74 Å². The second-order valence-electron chi connectivity index (χ2n) is 6.67. The fourth-order valence-corrected chi connectivity index (χ4v) is 2.99. The number of rotatable bonds is 8. The topological polar surface area (TPSA) is 79.8 Å². The largest absolute Gasteiger partial charge is 0.497 e. The number of hydrogen-bond donors (Lipinski definition) is 2. The van der Waals surface area contributed by atoms with Crippen LogP contribution in [0.15, 0.2) is 29.3 Å². The number of ether oxygens (including phenoxy) is 1. The number of sulfone groups is 1. The molecule has 0 amide bonds. The Labute approximate surface area is 168 Å².